The normalized spacial score (nSPS) is 13.3. The molecule has 0 nitrogen and oxygen atoms in total. The maximum atomic E-state index is 12.6. The average molecular weight is 236 g/mol. The van der Waals surface area contributed by atoms with E-state index in [9.17, 15) is 4.39 Å². The van der Waals surface area contributed by atoms with E-state index >= 15 is 0 Å². The molecule has 13 heavy (non-hydrogen) atoms. The summed E-state index contributed by atoms with van der Waals surface area (Å²) in [6.07, 6.45) is 0. The van der Waals surface area contributed by atoms with Crippen LogP contribution in [0.15, 0.2) is 24.3 Å². The minimum Gasteiger partial charge on any atom is -0.207 e. The minimum absolute atomic E-state index is 0.210. The molecule has 1 aromatic rings. The summed E-state index contributed by atoms with van der Waals surface area (Å²) in [5.41, 5.74) is 1.09. The van der Waals surface area contributed by atoms with Crippen LogP contribution >= 0.6 is 22.2 Å². The lowest BCUT2D eigenvalue weighted by molar-refractivity contribution is 0.626. The SMILES string of the molecule is CC(C[Si](Cl)Cl)c1ccc(F)cc1. The van der Waals surface area contributed by atoms with Gasteiger partial charge in [-0.1, -0.05) is 19.1 Å². The Balaban J connectivity index is 2.66. The molecule has 1 rings (SSSR count). The Morgan fingerprint density at radius 3 is 2.31 bits per heavy atom. The Kier molecular flexibility index (Phi) is 4.23. The van der Waals surface area contributed by atoms with Crippen LogP contribution in [-0.4, -0.2) is 7.42 Å². The zero-order valence-electron chi connectivity index (χ0n) is 7.23. The minimum atomic E-state index is -1.24. The molecule has 0 aliphatic rings. The summed E-state index contributed by atoms with van der Waals surface area (Å²) in [6.45, 7) is 2.04. The molecule has 0 saturated heterocycles. The van der Waals surface area contributed by atoms with Crippen molar-refractivity contribution in [3.63, 3.8) is 0 Å². The van der Waals surface area contributed by atoms with Crippen LogP contribution in [0.2, 0.25) is 6.04 Å². The Labute approximate surface area is 88.7 Å². The molecule has 1 aromatic carbocycles. The highest BCUT2D eigenvalue weighted by Gasteiger charge is 2.12. The monoisotopic (exact) mass is 235 g/mol. The van der Waals surface area contributed by atoms with Gasteiger partial charge in [-0.15, -0.1) is 22.2 Å². The van der Waals surface area contributed by atoms with Crippen LogP contribution in [0.5, 0.6) is 0 Å². The molecule has 0 aliphatic carbocycles. The molecule has 0 aliphatic heterocycles. The quantitative estimate of drug-likeness (QED) is 0.551. The predicted octanol–water partition coefficient (Wildman–Crippen LogP) is 3.90. The first-order valence-electron chi connectivity index (χ1n) is 4.02. The van der Waals surface area contributed by atoms with Gasteiger partial charge in [0, 0.05) is 0 Å². The Hall–Kier alpha value is -0.0531. The van der Waals surface area contributed by atoms with Gasteiger partial charge in [0.25, 0.3) is 7.42 Å². The van der Waals surface area contributed by atoms with Crippen LogP contribution in [0.1, 0.15) is 18.4 Å². The molecule has 1 atom stereocenters. The Morgan fingerprint density at radius 2 is 1.85 bits per heavy atom. The number of halogens is 3. The first kappa shape index (κ1) is 11.0. The number of benzene rings is 1. The number of hydrogen-bond donors (Lipinski definition) is 0. The summed E-state index contributed by atoms with van der Waals surface area (Å²) in [6, 6.07) is 7.26. The highest BCUT2D eigenvalue weighted by atomic mass is 35.7. The Bertz CT molecular complexity index is 261. The van der Waals surface area contributed by atoms with E-state index in [1.807, 2.05) is 6.92 Å². The fourth-order valence-corrected chi connectivity index (χ4v) is 3.23. The van der Waals surface area contributed by atoms with Gasteiger partial charge in [-0.25, -0.2) is 4.39 Å². The van der Waals surface area contributed by atoms with Crippen molar-refractivity contribution in [3.05, 3.63) is 35.6 Å². The van der Waals surface area contributed by atoms with Crippen LogP contribution < -0.4 is 0 Å². The van der Waals surface area contributed by atoms with E-state index < -0.39 is 7.42 Å². The van der Waals surface area contributed by atoms with Crippen LogP contribution in [0.4, 0.5) is 4.39 Å². The molecule has 0 bridgehead atoms. The largest absolute Gasteiger partial charge is 0.274 e. The van der Waals surface area contributed by atoms with Gasteiger partial charge in [-0.05, 0) is 29.7 Å². The molecule has 1 unspecified atom stereocenters. The summed E-state index contributed by atoms with van der Waals surface area (Å²) >= 11 is 11.5. The number of rotatable bonds is 3. The van der Waals surface area contributed by atoms with Crippen molar-refractivity contribution in [2.45, 2.75) is 18.9 Å². The highest BCUT2D eigenvalue weighted by molar-refractivity contribution is 7.33. The Morgan fingerprint density at radius 1 is 1.31 bits per heavy atom. The average Bonchev–Trinajstić information content (AvgIpc) is 2.04. The van der Waals surface area contributed by atoms with Gasteiger partial charge in [0.2, 0.25) is 0 Å². The first-order chi connectivity index (χ1) is 6.09. The van der Waals surface area contributed by atoms with E-state index in [-0.39, 0.29) is 5.82 Å². The first-order valence-corrected chi connectivity index (χ1v) is 7.75. The molecule has 71 valence electrons. The molecule has 0 spiro atoms. The van der Waals surface area contributed by atoms with Crippen LogP contribution in [0.3, 0.4) is 0 Å². The standard InChI is InChI=1S/C9H10Cl2FSi/c1-7(6-13(10)11)8-2-4-9(12)5-3-8/h2-5,7H,6H2,1H3. The summed E-state index contributed by atoms with van der Waals surface area (Å²) in [7, 11) is -1.24. The molecule has 0 amide bonds. The summed E-state index contributed by atoms with van der Waals surface area (Å²) in [5, 5.41) is 0. The topological polar surface area (TPSA) is 0 Å². The van der Waals surface area contributed by atoms with E-state index in [2.05, 4.69) is 0 Å². The second-order valence-corrected chi connectivity index (χ2v) is 7.40. The predicted molar refractivity (Wildman–Crippen MR) is 57.1 cm³/mol. The molecule has 0 heterocycles. The van der Waals surface area contributed by atoms with Gasteiger partial charge in [0.05, 0.1) is 0 Å². The fraction of sp³-hybridized carbons (Fsp3) is 0.333. The summed E-state index contributed by atoms with van der Waals surface area (Å²) < 4.78 is 12.6. The molecular formula is C9H10Cl2FSi. The highest BCUT2D eigenvalue weighted by Crippen LogP contribution is 2.23. The lowest BCUT2D eigenvalue weighted by atomic mass is 10.0. The zero-order valence-corrected chi connectivity index (χ0v) is 9.74. The van der Waals surface area contributed by atoms with Crippen molar-refractivity contribution < 1.29 is 4.39 Å². The van der Waals surface area contributed by atoms with Gasteiger partial charge < -0.3 is 0 Å². The van der Waals surface area contributed by atoms with E-state index in [0.29, 0.717) is 5.92 Å². The lowest BCUT2D eigenvalue weighted by Gasteiger charge is -2.10. The smallest absolute Gasteiger partial charge is 0.207 e. The number of hydrogen-bond acceptors (Lipinski definition) is 0. The van der Waals surface area contributed by atoms with Crippen molar-refractivity contribution in [1.29, 1.82) is 0 Å². The second-order valence-electron chi connectivity index (χ2n) is 3.00. The molecule has 1 radical (unpaired) electrons. The summed E-state index contributed by atoms with van der Waals surface area (Å²) in [5.74, 6) is 0.0997. The van der Waals surface area contributed by atoms with Crippen molar-refractivity contribution in [2.24, 2.45) is 0 Å². The third kappa shape index (κ3) is 3.67. The van der Waals surface area contributed by atoms with Crippen molar-refractivity contribution in [1.82, 2.24) is 0 Å². The van der Waals surface area contributed by atoms with Crippen LogP contribution in [0, 0.1) is 5.82 Å². The second kappa shape index (κ2) is 4.98. The van der Waals surface area contributed by atoms with Gasteiger partial charge in [0.15, 0.2) is 0 Å². The third-order valence-corrected chi connectivity index (χ3v) is 3.75. The van der Waals surface area contributed by atoms with E-state index in [1.165, 1.54) is 12.1 Å². The molecule has 0 saturated carbocycles. The van der Waals surface area contributed by atoms with Gasteiger partial charge in [0.1, 0.15) is 5.82 Å². The zero-order chi connectivity index (χ0) is 9.84. The van der Waals surface area contributed by atoms with Crippen molar-refractivity contribution >= 4 is 29.6 Å². The van der Waals surface area contributed by atoms with E-state index in [1.54, 1.807) is 12.1 Å². The fourth-order valence-electron chi connectivity index (χ4n) is 1.14. The van der Waals surface area contributed by atoms with Gasteiger partial charge in [-0.2, -0.15) is 0 Å². The molecular weight excluding hydrogens is 226 g/mol. The third-order valence-electron chi connectivity index (χ3n) is 1.90. The van der Waals surface area contributed by atoms with E-state index in [0.717, 1.165) is 11.6 Å². The molecule has 0 N–H and O–H groups in total. The van der Waals surface area contributed by atoms with Crippen molar-refractivity contribution in [2.75, 3.05) is 0 Å². The molecule has 0 aromatic heterocycles. The maximum absolute atomic E-state index is 12.6. The van der Waals surface area contributed by atoms with Crippen LogP contribution in [-0.2, 0) is 0 Å². The van der Waals surface area contributed by atoms with E-state index in [4.69, 9.17) is 22.2 Å². The molecule has 4 heteroatoms. The molecule has 0 fully saturated rings. The maximum Gasteiger partial charge on any atom is 0.274 e. The van der Waals surface area contributed by atoms with Gasteiger partial charge >= 0.3 is 0 Å². The summed E-state index contributed by atoms with van der Waals surface area (Å²) in [4.78, 5) is 0. The van der Waals surface area contributed by atoms with Crippen LogP contribution in [0.25, 0.3) is 0 Å². The van der Waals surface area contributed by atoms with Crippen molar-refractivity contribution in [3.8, 4) is 0 Å². The lowest BCUT2D eigenvalue weighted by Crippen LogP contribution is -2.01. The van der Waals surface area contributed by atoms with Gasteiger partial charge in [-0.3, -0.25) is 0 Å².